The molecule has 0 fully saturated rings. The zero-order valence-corrected chi connectivity index (χ0v) is 14.6. The second-order valence-corrected chi connectivity index (χ2v) is 5.26. The smallest absolute Gasteiger partial charge is 0.156 e. The maximum atomic E-state index is 4.61. The van der Waals surface area contributed by atoms with Crippen molar-refractivity contribution in [2.75, 3.05) is 11.9 Å². The molecule has 2 rings (SSSR count). The maximum absolute atomic E-state index is 4.61. The Kier molecular flexibility index (Phi) is 6.37. The molecule has 2 heterocycles. The van der Waals surface area contributed by atoms with Gasteiger partial charge in [-0.1, -0.05) is 50.0 Å². The molecular weight excluding hydrogens is 298 g/mol. The molecule has 0 saturated carbocycles. The summed E-state index contributed by atoms with van der Waals surface area (Å²) in [5.41, 5.74) is 2.03. The highest BCUT2D eigenvalue weighted by atomic mass is 15.2. The SMILES string of the molecule is C=C/C=C\C(=C/C)CNc1cc(-c2nc(=C/C)/c(=C\CC)[nH]2)[nH]n1. The van der Waals surface area contributed by atoms with Gasteiger partial charge in [-0.3, -0.25) is 5.10 Å². The van der Waals surface area contributed by atoms with Crippen LogP contribution in [-0.4, -0.2) is 26.7 Å². The lowest BCUT2D eigenvalue weighted by molar-refractivity contribution is 1.06. The lowest BCUT2D eigenvalue weighted by Gasteiger charge is -2.02. The van der Waals surface area contributed by atoms with E-state index in [1.54, 1.807) is 6.08 Å². The first kappa shape index (κ1) is 17.5. The van der Waals surface area contributed by atoms with Crippen LogP contribution in [-0.2, 0) is 0 Å². The Bertz CT molecular complexity index is 849. The lowest BCUT2D eigenvalue weighted by atomic mass is 10.2. The normalized spacial score (nSPS) is 13.9. The molecule has 0 saturated heterocycles. The van der Waals surface area contributed by atoms with Crippen molar-refractivity contribution in [1.82, 2.24) is 20.2 Å². The molecule has 5 heteroatoms. The summed E-state index contributed by atoms with van der Waals surface area (Å²) >= 11 is 0. The molecule has 0 aliphatic rings. The van der Waals surface area contributed by atoms with Crippen LogP contribution in [0.1, 0.15) is 27.2 Å². The standard InChI is InChI=1S/C19H25N5/c1-5-9-11-14(7-3)13-20-18-12-17(23-24-18)19-21-15(8-4)16(22-19)10-6-2/h5,7-12H,1,6,13H2,2-4H3,(H,21,22)(H2,20,23,24)/b11-9-,14-7+,15-8+,16-10+. The molecule has 0 aliphatic carbocycles. The van der Waals surface area contributed by atoms with Crippen molar-refractivity contribution in [3.63, 3.8) is 0 Å². The summed E-state index contributed by atoms with van der Waals surface area (Å²) in [5.74, 6) is 1.58. The number of nitrogens with zero attached hydrogens (tertiary/aromatic N) is 2. The van der Waals surface area contributed by atoms with Gasteiger partial charge in [0.1, 0.15) is 11.5 Å². The third kappa shape index (κ3) is 4.35. The zero-order chi connectivity index (χ0) is 17.4. The predicted octanol–water partition coefficient (Wildman–Crippen LogP) is 2.89. The van der Waals surface area contributed by atoms with Gasteiger partial charge >= 0.3 is 0 Å². The van der Waals surface area contributed by atoms with Crippen LogP contribution < -0.4 is 16.0 Å². The van der Waals surface area contributed by atoms with Gasteiger partial charge in [0.05, 0.1) is 10.7 Å². The third-order valence-corrected chi connectivity index (χ3v) is 3.57. The van der Waals surface area contributed by atoms with Gasteiger partial charge < -0.3 is 10.3 Å². The Morgan fingerprint density at radius 1 is 1.38 bits per heavy atom. The fraction of sp³-hybridized carbons (Fsp3) is 0.263. The van der Waals surface area contributed by atoms with Crippen LogP contribution in [0.15, 0.2) is 42.5 Å². The van der Waals surface area contributed by atoms with Crippen LogP contribution in [0.25, 0.3) is 23.7 Å². The number of aromatic amines is 2. The number of imidazole rings is 1. The minimum absolute atomic E-state index is 0.701. The van der Waals surface area contributed by atoms with E-state index in [0.29, 0.717) is 6.54 Å². The third-order valence-electron chi connectivity index (χ3n) is 3.57. The van der Waals surface area contributed by atoms with Gasteiger partial charge in [0.15, 0.2) is 5.82 Å². The average molecular weight is 323 g/mol. The largest absolute Gasteiger partial charge is 0.365 e. The van der Waals surface area contributed by atoms with Crippen molar-refractivity contribution in [2.45, 2.75) is 27.2 Å². The molecule has 2 aromatic rings. The van der Waals surface area contributed by atoms with Crippen LogP contribution in [0.2, 0.25) is 0 Å². The molecule has 126 valence electrons. The monoisotopic (exact) mass is 323 g/mol. The van der Waals surface area contributed by atoms with Crippen molar-refractivity contribution in [2.24, 2.45) is 0 Å². The van der Waals surface area contributed by atoms with E-state index in [4.69, 9.17) is 0 Å². The molecule has 0 aliphatic heterocycles. The maximum Gasteiger partial charge on any atom is 0.156 e. The number of anilines is 1. The zero-order valence-electron chi connectivity index (χ0n) is 14.6. The molecule has 2 aromatic heterocycles. The molecule has 3 N–H and O–H groups in total. The summed E-state index contributed by atoms with van der Waals surface area (Å²) in [6.07, 6.45) is 12.9. The minimum atomic E-state index is 0.701. The van der Waals surface area contributed by atoms with Crippen LogP contribution >= 0.6 is 0 Å². The van der Waals surface area contributed by atoms with E-state index in [0.717, 1.165) is 34.5 Å². The van der Waals surface area contributed by atoms with E-state index < -0.39 is 0 Å². The Morgan fingerprint density at radius 2 is 2.21 bits per heavy atom. The topological polar surface area (TPSA) is 69.4 Å². The molecule has 0 radical (unpaired) electrons. The Labute approximate surface area is 142 Å². The minimum Gasteiger partial charge on any atom is -0.365 e. The molecule has 0 unspecified atom stereocenters. The van der Waals surface area contributed by atoms with Crippen LogP contribution in [0, 0.1) is 0 Å². The van der Waals surface area contributed by atoms with Gasteiger partial charge in [0.2, 0.25) is 0 Å². The number of allylic oxidation sites excluding steroid dienone is 3. The van der Waals surface area contributed by atoms with E-state index in [1.165, 1.54) is 5.57 Å². The molecule has 24 heavy (non-hydrogen) atoms. The van der Waals surface area contributed by atoms with Gasteiger partial charge in [0.25, 0.3) is 0 Å². The van der Waals surface area contributed by atoms with Crippen molar-refractivity contribution in [3.05, 3.63) is 53.2 Å². The number of aromatic nitrogens is 4. The van der Waals surface area contributed by atoms with Gasteiger partial charge in [-0.2, -0.15) is 5.10 Å². The number of hydrogen-bond donors (Lipinski definition) is 3. The molecule has 0 spiro atoms. The molecule has 0 amide bonds. The highest BCUT2D eigenvalue weighted by molar-refractivity contribution is 5.56. The first-order valence-electron chi connectivity index (χ1n) is 8.18. The van der Waals surface area contributed by atoms with E-state index in [9.17, 15) is 0 Å². The van der Waals surface area contributed by atoms with Gasteiger partial charge in [-0.25, -0.2) is 4.98 Å². The summed E-state index contributed by atoms with van der Waals surface area (Å²) in [6, 6.07) is 1.96. The van der Waals surface area contributed by atoms with Crippen molar-refractivity contribution >= 4 is 18.0 Å². The lowest BCUT2D eigenvalue weighted by Crippen LogP contribution is -2.23. The Balaban J connectivity index is 2.15. The van der Waals surface area contributed by atoms with Gasteiger partial charge in [-0.05, 0) is 25.8 Å². The number of H-pyrrole nitrogens is 2. The molecule has 5 nitrogen and oxygen atoms in total. The van der Waals surface area contributed by atoms with Crippen molar-refractivity contribution < 1.29 is 0 Å². The summed E-state index contributed by atoms with van der Waals surface area (Å²) < 4.78 is 0. The summed E-state index contributed by atoms with van der Waals surface area (Å²) in [5, 5.41) is 12.6. The van der Waals surface area contributed by atoms with E-state index in [-0.39, 0.29) is 0 Å². The van der Waals surface area contributed by atoms with E-state index in [2.05, 4.69) is 51.1 Å². The molecule has 0 aromatic carbocycles. The molecule has 0 bridgehead atoms. The predicted molar refractivity (Wildman–Crippen MR) is 102 cm³/mol. The summed E-state index contributed by atoms with van der Waals surface area (Å²) in [6.45, 7) is 10.5. The highest BCUT2D eigenvalue weighted by Crippen LogP contribution is 2.14. The fourth-order valence-corrected chi connectivity index (χ4v) is 2.28. The number of hydrogen-bond acceptors (Lipinski definition) is 3. The second-order valence-electron chi connectivity index (χ2n) is 5.26. The molecule has 0 atom stereocenters. The van der Waals surface area contributed by atoms with E-state index >= 15 is 0 Å². The van der Waals surface area contributed by atoms with E-state index in [1.807, 2.05) is 38.1 Å². The van der Waals surface area contributed by atoms with Gasteiger partial charge in [0, 0.05) is 12.6 Å². The van der Waals surface area contributed by atoms with Crippen molar-refractivity contribution in [3.8, 4) is 11.5 Å². The summed E-state index contributed by atoms with van der Waals surface area (Å²) in [7, 11) is 0. The Morgan fingerprint density at radius 3 is 2.88 bits per heavy atom. The molecular formula is C19H25N5. The van der Waals surface area contributed by atoms with Crippen LogP contribution in [0.4, 0.5) is 5.82 Å². The Hall–Kier alpha value is -2.82. The second kappa shape index (κ2) is 8.72. The van der Waals surface area contributed by atoms with Crippen LogP contribution in [0.5, 0.6) is 0 Å². The average Bonchev–Trinajstić information content (AvgIpc) is 3.22. The first-order valence-corrected chi connectivity index (χ1v) is 8.18. The fourth-order valence-electron chi connectivity index (χ4n) is 2.28. The number of nitrogens with one attached hydrogen (secondary N) is 3. The first-order chi connectivity index (χ1) is 11.7. The van der Waals surface area contributed by atoms with Crippen molar-refractivity contribution in [1.29, 1.82) is 0 Å². The van der Waals surface area contributed by atoms with Gasteiger partial charge in [-0.15, -0.1) is 0 Å². The highest BCUT2D eigenvalue weighted by Gasteiger charge is 2.07. The van der Waals surface area contributed by atoms with Crippen LogP contribution in [0.3, 0.4) is 0 Å². The number of rotatable bonds is 7. The summed E-state index contributed by atoms with van der Waals surface area (Å²) in [4.78, 5) is 7.94. The quantitative estimate of drug-likeness (QED) is 0.686.